The van der Waals surface area contributed by atoms with Crippen LogP contribution in [-0.2, 0) is 23.8 Å². The molecule has 0 aliphatic carbocycles. The fraction of sp³-hybridized carbons (Fsp3) is 0.500. The molecule has 0 rings (SSSR count). The maximum Gasteiger partial charge on any atom is 0.309 e. The SMILES string of the molecule is C=CCC(=O)OCCOCCOC(=O)CC=C. The van der Waals surface area contributed by atoms with E-state index < -0.39 is 0 Å². The van der Waals surface area contributed by atoms with Crippen molar-refractivity contribution in [2.75, 3.05) is 26.4 Å². The van der Waals surface area contributed by atoms with Crippen LogP contribution < -0.4 is 0 Å². The van der Waals surface area contributed by atoms with E-state index >= 15 is 0 Å². The molecular formula is C12H18O5. The van der Waals surface area contributed by atoms with Gasteiger partial charge in [0.05, 0.1) is 26.1 Å². The van der Waals surface area contributed by atoms with Crippen molar-refractivity contribution in [2.45, 2.75) is 12.8 Å². The third-order valence-electron chi connectivity index (χ3n) is 1.60. The Balaban J connectivity index is 3.23. The molecule has 0 amide bonds. The van der Waals surface area contributed by atoms with Crippen LogP contribution in [0.5, 0.6) is 0 Å². The number of ether oxygens (including phenoxy) is 3. The highest BCUT2D eigenvalue weighted by Gasteiger charge is 2.00. The largest absolute Gasteiger partial charge is 0.463 e. The molecule has 96 valence electrons. The molecule has 0 aliphatic rings. The van der Waals surface area contributed by atoms with E-state index in [4.69, 9.17) is 14.2 Å². The zero-order chi connectivity index (χ0) is 12.9. The molecular weight excluding hydrogens is 224 g/mol. The fourth-order valence-corrected chi connectivity index (χ4v) is 0.884. The van der Waals surface area contributed by atoms with Crippen molar-refractivity contribution in [1.82, 2.24) is 0 Å². The van der Waals surface area contributed by atoms with E-state index in [1.807, 2.05) is 0 Å². The van der Waals surface area contributed by atoms with Gasteiger partial charge in [0, 0.05) is 0 Å². The topological polar surface area (TPSA) is 61.8 Å². The van der Waals surface area contributed by atoms with Gasteiger partial charge < -0.3 is 14.2 Å². The lowest BCUT2D eigenvalue weighted by Gasteiger charge is -2.05. The van der Waals surface area contributed by atoms with Gasteiger partial charge in [0.2, 0.25) is 0 Å². The van der Waals surface area contributed by atoms with Gasteiger partial charge in [-0.3, -0.25) is 9.59 Å². The first-order valence-corrected chi connectivity index (χ1v) is 5.31. The van der Waals surface area contributed by atoms with Crippen LogP contribution >= 0.6 is 0 Å². The first-order chi connectivity index (χ1) is 8.20. The first kappa shape index (κ1) is 15.4. The molecule has 0 fully saturated rings. The summed E-state index contributed by atoms with van der Waals surface area (Å²) in [5.41, 5.74) is 0. The second-order valence-corrected chi connectivity index (χ2v) is 3.04. The van der Waals surface area contributed by atoms with Crippen molar-refractivity contribution in [3.8, 4) is 0 Å². The smallest absolute Gasteiger partial charge is 0.309 e. The van der Waals surface area contributed by atoms with E-state index in [0.29, 0.717) is 0 Å². The zero-order valence-corrected chi connectivity index (χ0v) is 9.85. The van der Waals surface area contributed by atoms with Crippen molar-refractivity contribution in [1.29, 1.82) is 0 Å². The molecule has 0 aromatic heterocycles. The predicted octanol–water partition coefficient (Wildman–Crippen LogP) is 1.24. The minimum absolute atomic E-state index is 0.188. The molecule has 0 heterocycles. The average Bonchev–Trinajstić information content (AvgIpc) is 2.28. The Kier molecular flexibility index (Phi) is 9.85. The van der Waals surface area contributed by atoms with Crippen molar-refractivity contribution < 1.29 is 23.8 Å². The Labute approximate surface area is 101 Å². The molecule has 5 heteroatoms. The summed E-state index contributed by atoms with van der Waals surface area (Å²) in [7, 11) is 0. The molecule has 0 aliphatic heterocycles. The zero-order valence-electron chi connectivity index (χ0n) is 9.85. The predicted molar refractivity (Wildman–Crippen MR) is 62.4 cm³/mol. The highest BCUT2D eigenvalue weighted by Crippen LogP contribution is 1.89. The summed E-state index contributed by atoms with van der Waals surface area (Å²) in [5, 5.41) is 0. The Morgan fingerprint density at radius 3 is 1.59 bits per heavy atom. The summed E-state index contributed by atoms with van der Waals surface area (Å²) in [6.07, 6.45) is 3.34. The van der Waals surface area contributed by atoms with Crippen LogP contribution in [-0.4, -0.2) is 38.4 Å². The van der Waals surface area contributed by atoms with E-state index in [-0.39, 0.29) is 51.2 Å². The normalized spacial score (nSPS) is 9.41. The van der Waals surface area contributed by atoms with Crippen LogP contribution in [0.15, 0.2) is 25.3 Å². The molecule has 0 N–H and O–H groups in total. The maximum absolute atomic E-state index is 10.9. The Bertz CT molecular complexity index is 234. The van der Waals surface area contributed by atoms with Gasteiger partial charge in [-0.2, -0.15) is 0 Å². The van der Waals surface area contributed by atoms with Crippen LogP contribution in [0.3, 0.4) is 0 Å². The van der Waals surface area contributed by atoms with Crippen LogP contribution in [0.2, 0.25) is 0 Å². The molecule has 0 spiro atoms. The second kappa shape index (κ2) is 10.9. The number of esters is 2. The van der Waals surface area contributed by atoms with E-state index in [1.165, 1.54) is 12.2 Å². The number of hydrogen-bond acceptors (Lipinski definition) is 5. The lowest BCUT2D eigenvalue weighted by molar-refractivity contribution is -0.145. The summed E-state index contributed by atoms with van der Waals surface area (Å²) in [4.78, 5) is 21.7. The molecule has 0 radical (unpaired) electrons. The average molecular weight is 242 g/mol. The molecule has 17 heavy (non-hydrogen) atoms. The van der Waals surface area contributed by atoms with Crippen molar-refractivity contribution in [3.05, 3.63) is 25.3 Å². The van der Waals surface area contributed by atoms with Gasteiger partial charge in [-0.15, -0.1) is 13.2 Å². The molecule has 0 unspecified atom stereocenters. The van der Waals surface area contributed by atoms with Gasteiger partial charge in [0.1, 0.15) is 13.2 Å². The van der Waals surface area contributed by atoms with Crippen LogP contribution in [0.4, 0.5) is 0 Å². The highest BCUT2D eigenvalue weighted by atomic mass is 16.6. The maximum atomic E-state index is 10.9. The fourth-order valence-electron chi connectivity index (χ4n) is 0.884. The summed E-state index contributed by atoms with van der Waals surface area (Å²) in [5.74, 6) is -0.665. The summed E-state index contributed by atoms with van der Waals surface area (Å²) >= 11 is 0. The molecule has 0 aromatic carbocycles. The number of hydrogen-bond donors (Lipinski definition) is 0. The summed E-state index contributed by atoms with van der Waals surface area (Å²) in [6, 6.07) is 0. The van der Waals surface area contributed by atoms with Crippen LogP contribution in [0, 0.1) is 0 Å². The highest BCUT2D eigenvalue weighted by molar-refractivity contribution is 5.71. The molecule has 5 nitrogen and oxygen atoms in total. The third kappa shape index (κ3) is 10.7. The molecule has 0 bridgehead atoms. The van der Waals surface area contributed by atoms with Gasteiger partial charge >= 0.3 is 11.9 Å². The molecule has 0 saturated heterocycles. The minimum Gasteiger partial charge on any atom is -0.463 e. The summed E-state index contributed by atoms with van der Waals surface area (Å²) < 4.78 is 14.7. The third-order valence-corrected chi connectivity index (χ3v) is 1.60. The van der Waals surface area contributed by atoms with E-state index in [0.717, 1.165) is 0 Å². The summed E-state index contributed by atoms with van der Waals surface area (Å²) in [6.45, 7) is 7.76. The van der Waals surface area contributed by atoms with Crippen molar-refractivity contribution in [2.24, 2.45) is 0 Å². The van der Waals surface area contributed by atoms with E-state index in [2.05, 4.69) is 13.2 Å². The molecule has 0 atom stereocenters. The van der Waals surface area contributed by atoms with Crippen molar-refractivity contribution >= 4 is 11.9 Å². The second-order valence-electron chi connectivity index (χ2n) is 3.04. The van der Waals surface area contributed by atoms with Crippen LogP contribution in [0.25, 0.3) is 0 Å². The van der Waals surface area contributed by atoms with Gasteiger partial charge in [-0.25, -0.2) is 0 Å². The van der Waals surface area contributed by atoms with Crippen molar-refractivity contribution in [3.63, 3.8) is 0 Å². The number of carbonyl (C=O) groups is 2. The van der Waals surface area contributed by atoms with Gasteiger partial charge in [0.25, 0.3) is 0 Å². The monoisotopic (exact) mass is 242 g/mol. The molecule has 0 saturated carbocycles. The Morgan fingerprint density at radius 1 is 0.824 bits per heavy atom. The lowest BCUT2D eigenvalue weighted by Crippen LogP contribution is -2.14. The number of carbonyl (C=O) groups excluding carboxylic acids is 2. The van der Waals surface area contributed by atoms with Gasteiger partial charge in [0.15, 0.2) is 0 Å². The lowest BCUT2D eigenvalue weighted by atomic mass is 10.4. The van der Waals surface area contributed by atoms with E-state index in [9.17, 15) is 9.59 Å². The Morgan fingerprint density at radius 2 is 1.24 bits per heavy atom. The standard InChI is InChI=1S/C12H18O5/c1-3-5-11(13)16-9-7-15-8-10-17-12(14)6-4-2/h3-4H,1-2,5-10H2. The number of rotatable bonds is 10. The van der Waals surface area contributed by atoms with Gasteiger partial charge in [-0.1, -0.05) is 12.2 Å². The Hall–Kier alpha value is -1.62. The van der Waals surface area contributed by atoms with Crippen LogP contribution in [0.1, 0.15) is 12.8 Å². The quantitative estimate of drug-likeness (QED) is 0.328. The molecule has 0 aromatic rings. The minimum atomic E-state index is -0.332. The van der Waals surface area contributed by atoms with Gasteiger partial charge in [-0.05, 0) is 0 Å². The van der Waals surface area contributed by atoms with E-state index in [1.54, 1.807) is 0 Å². The first-order valence-electron chi connectivity index (χ1n) is 5.31.